The molecule has 128 valence electrons. The molecule has 25 heavy (non-hydrogen) atoms. The monoisotopic (exact) mass is 331 g/mol. The van der Waals surface area contributed by atoms with Crippen molar-refractivity contribution < 1.29 is 0 Å². The summed E-state index contributed by atoms with van der Waals surface area (Å²) < 4.78 is 0. The van der Waals surface area contributed by atoms with E-state index in [1.165, 1.54) is 5.56 Å². The van der Waals surface area contributed by atoms with E-state index in [2.05, 4.69) is 71.4 Å². The van der Waals surface area contributed by atoms with Gasteiger partial charge in [-0.3, -0.25) is 0 Å². The third-order valence-electron chi connectivity index (χ3n) is 4.22. The highest BCUT2D eigenvalue weighted by molar-refractivity contribution is 5.79. The van der Waals surface area contributed by atoms with Gasteiger partial charge in [0.05, 0.1) is 5.69 Å². The smallest absolute Gasteiger partial charge is 0.159 e. The Morgan fingerprint density at radius 3 is 1.84 bits per heavy atom. The lowest BCUT2D eigenvalue weighted by molar-refractivity contribution is 0.727. The predicted octanol–water partition coefficient (Wildman–Crippen LogP) is 5.44. The third-order valence-corrected chi connectivity index (χ3v) is 4.22. The fourth-order valence-corrected chi connectivity index (χ4v) is 3.06. The minimum atomic E-state index is 0.913. The van der Waals surface area contributed by atoms with Crippen LogP contribution < -0.4 is 4.90 Å². The molecule has 0 aliphatic carbocycles. The highest BCUT2D eigenvalue weighted by atomic mass is 15.3. The van der Waals surface area contributed by atoms with Gasteiger partial charge in [0, 0.05) is 24.2 Å². The second-order valence-electron chi connectivity index (χ2n) is 6.19. The molecule has 0 fully saturated rings. The van der Waals surface area contributed by atoms with E-state index >= 15 is 0 Å². The van der Waals surface area contributed by atoms with Crippen LogP contribution in [0.2, 0.25) is 0 Å². The van der Waals surface area contributed by atoms with E-state index in [0.29, 0.717) is 0 Å². The lowest BCUT2D eigenvalue weighted by Crippen LogP contribution is -2.26. The largest absolute Gasteiger partial charge is 0.355 e. The molecule has 0 unspecified atom stereocenters. The average molecular weight is 331 g/mol. The summed E-state index contributed by atoms with van der Waals surface area (Å²) in [5.74, 6) is 0.981. The SMILES string of the molecule is CCCN(CCC)c1nnc(-c2ccccc2)cc1-c1ccccc1. The molecule has 0 N–H and O–H groups in total. The highest BCUT2D eigenvalue weighted by Gasteiger charge is 2.16. The second kappa shape index (κ2) is 8.43. The minimum Gasteiger partial charge on any atom is -0.355 e. The molecule has 2 aromatic carbocycles. The van der Waals surface area contributed by atoms with E-state index in [9.17, 15) is 0 Å². The van der Waals surface area contributed by atoms with Gasteiger partial charge in [0.15, 0.2) is 5.82 Å². The van der Waals surface area contributed by atoms with Crippen molar-refractivity contribution in [2.75, 3.05) is 18.0 Å². The van der Waals surface area contributed by atoms with Crippen molar-refractivity contribution in [3.05, 3.63) is 66.7 Å². The predicted molar refractivity (Wildman–Crippen MR) is 106 cm³/mol. The van der Waals surface area contributed by atoms with E-state index < -0.39 is 0 Å². The Balaban J connectivity index is 2.11. The second-order valence-corrected chi connectivity index (χ2v) is 6.19. The quantitative estimate of drug-likeness (QED) is 0.577. The summed E-state index contributed by atoms with van der Waals surface area (Å²) in [5.41, 5.74) is 4.34. The van der Waals surface area contributed by atoms with Gasteiger partial charge in [0.2, 0.25) is 0 Å². The standard InChI is InChI=1S/C22H25N3/c1-3-15-25(16-4-2)22-20(18-11-7-5-8-12-18)17-21(23-24-22)19-13-9-6-10-14-19/h5-14,17H,3-4,15-16H2,1-2H3. The zero-order valence-electron chi connectivity index (χ0n) is 15.0. The van der Waals surface area contributed by atoms with Crippen molar-refractivity contribution in [2.45, 2.75) is 26.7 Å². The van der Waals surface area contributed by atoms with Crippen LogP contribution in [0.1, 0.15) is 26.7 Å². The van der Waals surface area contributed by atoms with Crippen LogP contribution in [0, 0.1) is 0 Å². The lowest BCUT2D eigenvalue weighted by atomic mass is 10.0. The minimum absolute atomic E-state index is 0.913. The normalized spacial score (nSPS) is 10.6. The number of aromatic nitrogens is 2. The Morgan fingerprint density at radius 1 is 0.720 bits per heavy atom. The van der Waals surface area contributed by atoms with Crippen LogP contribution in [0.5, 0.6) is 0 Å². The molecule has 0 bridgehead atoms. The zero-order chi connectivity index (χ0) is 17.5. The Labute approximate surface area is 150 Å². The summed E-state index contributed by atoms with van der Waals surface area (Å²) in [7, 11) is 0. The molecule has 0 aliphatic rings. The first kappa shape index (κ1) is 17.2. The van der Waals surface area contributed by atoms with Crippen LogP contribution in [-0.4, -0.2) is 23.3 Å². The summed E-state index contributed by atoms with van der Waals surface area (Å²) in [6, 6.07) is 22.9. The first-order chi connectivity index (χ1) is 12.3. The lowest BCUT2D eigenvalue weighted by Gasteiger charge is -2.25. The third kappa shape index (κ3) is 4.05. The van der Waals surface area contributed by atoms with E-state index in [-0.39, 0.29) is 0 Å². The molecular weight excluding hydrogens is 306 g/mol. The number of nitrogens with zero attached hydrogens (tertiary/aromatic N) is 3. The Kier molecular flexibility index (Phi) is 5.78. The summed E-state index contributed by atoms with van der Waals surface area (Å²) in [4.78, 5) is 2.35. The van der Waals surface area contributed by atoms with Crippen molar-refractivity contribution >= 4 is 5.82 Å². The Bertz CT molecular complexity index is 779. The number of hydrogen-bond acceptors (Lipinski definition) is 3. The number of anilines is 1. The maximum absolute atomic E-state index is 4.64. The number of benzene rings is 2. The van der Waals surface area contributed by atoms with Gasteiger partial charge in [-0.2, -0.15) is 0 Å². The van der Waals surface area contributed by atoms with E-state index in [1.807, 2.05) is 24.3 Å². The number of hydrogen-bond donors (Lipinski definition) is 0. The van der Waals surface area contributed by atoms with Gasteiger partial charge in [-0.05, 0) is 24.5 Å². The topological polar surface area (TPSA) is 29.0 Å². The molecule has 0 aliphatic heterocycles. The van der Waals surface area contributed by atoms with Crippen LogP contribution in [0.3, 0.4) is 0 Å². The molecule has 0 atom stereocenters. The first-order valence-electron chi connectivity index (χ1n) is 9.07. The van der Waals surface area contributed by atoms with Crippen molar-refractivity contribution in [3.63, 3.8) is 0 Å². The van der Waals surface area contributed by atoms with Crippen molar-refractivity contribution in [1.29, 1.82) is 0 Å². The summed E-state index contributed by atoms with van der Waals surface area (Å²) in [6.07, 6.45) is 2.19. The molecule has 0 spiro atoms. The van der Waals surface area contributed by atoms with Crippen LogP contribution in [0.15, 0.2) is 66.7 Å². The fraction of sp³-hybridized carbons (Fsp3) is 0.273. The summed E-state index contributed by atoms with van der Waals surface area (Å²) in [5, 5.41) is 9.17. The summed E-state index contributed by atoms with van der Waals surface area (Å²) in [6.45, 7) is 6.40. The van der Waals surface area contributed by atoms with Crippen LogP contribution in [0.25, 0.3) is 22.4 Å². The molecule has 1 heterocycles. The van der Waals surface area contributed by atoms with Crippen LogP contribution in [0.4, 0.5) is 5.82 Å². The van der Waals surface area contributed by atoms with Gasteiger partial charge in [0.25, 0.3) is 0 Å². The number of rotatable bonds is 7. The molecule has 1 aromatic heterocycles. The molecule has 3 heteroatoms. The molecule has 3 nitrogen and oxygen atoms in total. The Hall–Kier alpha value is -2.68. The van der Waals surface area contributed by atoms with Gasteiger partial charge in [0.1, 0.15) is 0 Å². The maximum atomic E-state index is 4.64. The van der Waals surface area contributed by atoms with Crippen LogP contribution >= 0.6 is 0 Å². The van der Waals surface area contributed by atoms with Gasteiger partial charge < -0.3 is 4.90 Å². The Morgan fingerprint density at radius 2 is 1.28 bits per heavy atom. The van der Waals surface area contributed by atoms with Crippen LogP contribution in [-0.2, 0) is 0 Å². The molecule has 3 rings (SSSR count). The van der Waals surface area contributed by atoms with Gasteiger partial charge in [-0.1, -0.05) is 74.5 Å². The van der Waals surface area contributed by atoms with E-state index in [0.717, 1.165) is 48.6 Å². The fourth-order valence-electron chi connectivity index (χ4n) is 3.06. The van der Waals surface area contributed by atoms with Crippen molar-refractivity contribution in [2.24, 2.45) is 0 Å². The highest BCUT2D eigenvalue weighted by Crippen LogP contribution is 2.32. The molecule has 0 saturated heterocycles. The van der Waals surface area contributed by atoms with Gasteiger partial charge >= 0.3 is 0 Å². The molecule has 0 amide bonds. The van der Waals surface area contributed by atoms with E-state index in [4.69, 9.17) is 0 Å². The van der Waals surface area contributed by atoms with Crippen molar-refractivity contribution in [3.8, 4) is 22.4 Å². The maximum Gasteiger partial charge on any atom is 0.159 e. The molecule has 3 aromatic rings. The van der Waals surface area contributed by atoms with Gasteiger partial charge in [-0.25, -0.2) is 0 Å². The van der Waals surface area contributed by atoms with Gasteiger partial charge in [-0.15, -0.1) is 10.2 Å². The van der Waals surface area contributed by atoms with Crippen molar-refractivity contribution in [1.82, 2.24) is 10.2 Å². The average Bonchev–Trinajstić information content (AvgIpc) is 2.69. The molecule has 0 saturated carbocycles. The van der Waals surface area contributed by atoms with E-state index in [1.54, 1.807) is 0 Å². The molecular formula is C22H25N3. The first-order valence-corrected chi connectivity index (χ1v) is 9.07. The molecule has 0 radical (unpaired) electrons. The summed E-state index contributed by atoms with van der Waals surface area (Å²) >= 11 is 0. The zero-order valence-corrected chi connectivity index (χ0v) is 15.0.